The summed E-state index contributed by atoms with van der Waals surface area (Å²) < 4.78 is 0. The summed E-state index contributed by atoms with van der Waals surface area (Å²) in [5.74, 6) is -0.0543. The highest BCUT2D eigenvalue weighted by Gasteiger charge is 2.20. The number of amides is 2. The van der Waals surface area contributed by atoms with E-state index in [0.29, 0.717) is 29.2 Å². The molecule has 0 radical (unpaired) electrons. The maximum atomic E-state index is 12.5. The maximum Gasteiger partial charge on any atom is 0.255 e. The van der Waals surface area contributed by atoms with Crippen LogP contribution in [0.2, 0.25) is 5.02 Å². The highest BCUT2D eigenvalue weighted by molar-refractivity contribution is 6.34. The van der Waals surface area contributed by atoms with Crippen LogP contribution in [0.3, 0.4) is 0 Å². The van der Waals surface area contributed by atoms with Gasteiger partial charge in [0.15, 0.2) is 0 Å². The highest BCUT2D eigenvalue weighted by Crippen LogP contribution is 2.24. The van der Waals surface area contributed by atoms with E-state index in [2.05, 4.69) is 5.32 Å². The summed E-state index contributed by atoms with van der Waals surface area (Å²) in [6.45, 7) is 2.28. The number of halogens is 1. The molecule has 1 saturated heterocycles. The first-order valence-electron chi connectivity index (χ1n) is 9.20. The van der Waals surface area contributed by atoms with Crippen LogP contribution in [-0.2, 0) is 4.79 Å². The van der Waals surface area contributed by atoms with Crippen LogP contribution in [0.15, 0.2) is 18.2 Å². The van der Waals surface area contributed by atoms with Crippen molar-refractivity contribution in [2.24, 2.45) is 5.73 Å². The third-order valence-electron chi connectivity index (χ3n) is 4.48. The topological polar surface area (TPSA) is 75.4 Å². The van der Waals surface area contributed by atoms with E-state index < -0.39 is 0 Å². The van der Waals surface area contributed by atoms with Crippen LogP contribution in [-0.4, -0.2) is 36.3 Å². The molecule has 0 aliphatic carbocycles. The van der Waals surface area contributed by atoms with Gasteiger partial charge in [0.1, 0.15) is 0 Å². The number of benzene rings is 1. The molecule has 1 aliphatic heterocycles. The Hall–Kier alpha value is -1.59. The van der Waals surface area contributed by atoms with E-state index >= 15 is 0 Å². The number of hydrogen-bond donors (Lipinski definition) is 2. The lowest BCUT2D eigenvalue weighted by Gasteiger charge is -2.27. The van der Waals surface area contributed by atoms with Crippen molar-refractivity contribution in [3.05, 3.63) is 28.8 Å². The predicted octanol–water partition coefficient (Wildman–Crippen LogP) is 3.81. The summed E-state index contributed by atoms with van der Waals surface area (Å²) in [6, 6.07) is 5.11. The van der Waals surface area contributed by atoms with Crippen molar-refractivity contribution < 1.29 is 9.59 Å². The largest absolute Gasteiger partial charge is 0.339 e. The summed E-state index contributed by atoms with van der Waals surface area (Å²) in [5, 5.41) is 3.23. The molecule has 0 saturated carbocycles. The van der Waals surface area contributed by atoms with Gasteiger partial charge in [-0.2, -0.15) is 0 Å². The van der Waals surface area contributed by atoms with Crippen LogP contribution < -0.4 is 11.1 Å². The molecule has 0 spiro atoms. The molecule has 1 heterocycles. The van der Waals surface area contributed by atoms with Crippen molar-refractivity contribution in [3.8, 4) is 0 Å². The Labute approximate surface area is 154 Å². The monoisotopic (exact) mass is 365 g/mol. The third-order valence-corrected chi connectivity index (χ3v) is 4.80. The number of unbranched alkanes of at least 4 members (excludes halogenated alkanes) is 3. The lowest BCUT2D eigenvalue weighted by molar-refractivity contribution is -0.116. The van der Waals surface area contributed by atoms with Crippen LogP contribution >= 0.6 is 11.6 Å². The van der Waals surface area contributed by atoms with E-state index in [1.165, 1.54) is 6.42 Å². The summed E-state index contributed by atoms with van der Waals surface area (Å²) in [6.07, 6.45) is 7.67. The number of nitrogens with two attached hydrogens (primary N) is 1. The first-order chi connectivity index (χ1) is 12.1. The van der Waals surface area contributed by atoms with Crippen molar-refractivity contribution in [2.75, 3.05) is 25.0 Å². The van der Waals surface area contributed by atoms with E-state index in [-0.39, 0.29) is 11.8 Å². The quantitative estimate of drug-likeness (QED) is 0.688. The lowest BCUT2D eigenvalue weighted by Crippen LogP contribution is -2.35. The molecule has 3 N–H and O–H groups in total. The average molecular weight is 366 g/mol. The second-order valence-electron chi connectivity index (χ2n) is 6.55. The molecule has 138 valence electrons. The van der Waals surface area contributed by atoms with Gasteiger partial charge in [-0.15, -0.1) is 0 Å². The Morgan fingerprint density at radius 3 is 2.48 bits per heavy atom. The second-order valence-corrected chi connectivity index (χ2v) is 6.96. The Balaban J connectivity index is 1.86. The summed E-state index contributed by atoms with van der Waals surface area (Å²) in [5.41, 5.74) is 6.58. The number of nitrogens with one attached hydrogen (secondary N) is 1. The SMILES string of the molecule is NCCCCCCC(=O)Nc1ccc(C(=O)N2CCCCC2)c(Cl)c1. The molecule has 0 unspecified atom stereocenters. The smallest absolute Gasteiger partial charge is 0.255 e. The zero-order valence-corrected chi connectivity index (χ0v) is 15.5. The van der Waals surface area contributed by atoms with Crippen LogP contribution in [0.4, 0.5) is 5.69 Å². The van der Waals surface area contributed by atoms with Gasteiger partial charge < -0.3 is 16.0 Å². The van der Waals surface area contributed by atoms with E-state index in [1.54, 1.807) is 18.2 Å². The molecule has 1 aromatic carbocycles. The molecule has 25 heavy (non-hydrogen) atoms. The molecule has 0 aromatic heterocycles. The van der Waals surface area contributed by atoms with Crippen LogP contribution in [0.25, 0.3) is 0 Å². The fourth-order valence-corrected chi connectivity index (χ4v) is 3.30. The zero-order valence-electron chi connectivity index (χ0n) is 14.7. The molecule has 1 aromatic rings. The highest BCUT2D eigenvalue weighted by atomic mass is 35.5. The molecule has 0 bridgehead atoms. The molecule has 1 fully saturated rings. The molecular formula is C19H28ClN3O2. The number of carbonyl (C=O) groups excluding carboxylic acids is 2. The Morgan fingerprint density at radius 1 is 1.08 bits per heavy atom. The van der Waals surface area contributed by atoms with Crippen LogP contribution in [0, 0.1) is 0 Å². The van der Waals surface area contributed by atoms with Gasteiger partial charge in [-0.25, -0.2) is 0 Å². The van der Waals surface area contributed by atoms with Crippen molar-refractivity contribution >= 4 is 29.1 Å². The van der Waals surface area contributed by atoms with E-state index in [9.17, 15) is 9.59 Å². The van der Waals surface area contributed by atoms with Gasteiger partial charge in [0.05, 0.1) is 10.6 Å². The van der Waals surface area contributed by atoms with Gasteiger partial charge in [-0.05, 0) is 56.8 Å². The number of nitrogens with zero attached hydrogens (tertiary/aromatic N) is 1. The number of carbonyl (C=O) groups is 2. The third kappa shape index (κ3) is 6.33. The summed E-state index contributed by atoms with van der Waals surface area (Å²) >= 11 is 6.28. The lowest BCUT2D eigenvalue weighted by atomic mass is 10.1. The molecule has 5 nitrogen and oxygen atoms in total. The minimum atomic E-state index is -0.0288. The first kappa shape index (κ1) is 19.7. The summed E-state index contributed by atoms with van der Waals surface area (Å²) in [4.78, 5) is 26.3. The maximum absolute atomic E-state index is 12.5. The van der Waals surface area contributed by atoms with Crippen molar-refractivity contribution in [1.82, 2.24) is 4.90 Å². The zero-order chi connectivity index (χ0) is 18.1. The normalized spacial score (nSPS) is 14.4. The Kier molecular flexibility index (Phi) is 8.22. The minimum absolute atomic E-state index is 0.0255. The van der Waals surface area contributed by atoms with Gasteiger partial charge in [0.2, 0.25) is 5.91 Å². The van der Waals surface area contributed by atoms with Gasteiger partial charge in [-0.1, -0.05) is 24.4 Å². The molecule has 2 rings (SSSR count). The number of likely N-dealkylation sites (tertiary alicyclic amines) is 1. The molecule has 2 amide bonds. The molecule has 1 aliphatic rings. The van der Waals surface area contributed by atoms with Gasteiger partial charge in [0, 0.05) is 25.2 Å². The van der Waals surface area contributed by atoms with E-state index in [4.69, 9.17) is 17.3 Å². The number of anilines is 1. The van der Waals surface area contributed by atoms with Crippen molar-refractivity contribution in [2.45, 2.75) is 51.4 Å². The number of rotatable bonds is 8. The van der Waals surface area contributed by atoms with E-state index in [1.807, 2.05) is 4.90 Å². The first-order valence-corrected chi connectivity index (χ1v) is 9.58. The Bertz CT molecular complexity index is 586. The van der Waals surface area contributed by atoms with Crippen molar-refractivity contribution in [3.63, 3.8) is 0 Å². The number of piperidine rings is 1. The van der Waals surface area contributed by atoms with Gasteiger partial charge in [0.25, 0.3) is 5.91 Å². The van der Waals surface area contributed by atoms with Gasteiger partial charge >= 0.3 is 0 Å². The predicted molar refractivity (Wildman–Crippen MR) is 102 cm³/mol. The van der Waals surface area contributed by atoms with Gasteiger partial charge in [-0.3, -0.25) is 9.59 Å². The fourth-order valence-electron chi connectivity index (χ4n) is 3.04. The van der Waals surface area contributed by atoms with Crippen molar-refractivity contribution in [1.29, 1.82) is 0 Å². The Morgan fingerprint density at radius 2 is 1.80 bits per heavy atom. The summed E-state index contributed by atoms with van der Waals surface area (Å²) in [7, 11) is 0. The molecule has 6 heteroatoms. The van der Waals surface area contributed by atoms with E-state index in [0.717, 1.165) is 51.6 Å². The minimum Gasteiger partial charge on any atom is -0.339 e. The fraction of sp³-hybridized carbons (Fsp3) is 0.579. The van der Waals surface area contributed by atoms with Crippen LogP contribution in [0.1, 0.15) is 61.7 Å². The number of hydrogen-bond acceptors (Lipinski definition) is 3. The van der Waals surface area contributed by atoms with Crippen LogP contribution in [0.5, 0.6) is 0 Å². The molecule has 0 atom stereocenters. The standard InChI is InChI=1S/C19H28ClN3O2/c20-17-14-15(22-18(24)8-4-1-2-5-11-21)9-10-16(17)19(25)23-12-6-3-7-13-23/h9-10,14H,1-8,11-13,21H2,(H,22,24). The molecular weight excluding hydrogens is 338 g/mol. The second kappa shape index (κ2) is 10.4. The average Bonchev–Trinajstić information content (AvgIpc) is 2.62.